The summed E-state index contributed by atoms with van der Waals surface area (Å²) < 4.78 is 15.6. The van der Waals surface area contributed by atoms with E-state index in [2.05, 4.69) is 10.4 Å². The van der Waals surface area contributed by atoms with Crippen LogP contribution >= 0.6 is 0 Å². The third-order valence-corrected chi connectivity index (χ3v) is 9.53. The van der Waals surface area contributed by atoms with Gasteiger partial charge in [0.25, 0.3) is 0 Å². The van der Waals surface area contributed by atoms with Gasteiger partial charge in [0, 0.05) is 31.4 Å². The minimum absolute atomic E-state index is 0.0390. The van der Waals surface area contributed by atoms with Crippen LogP contribution in [-0.2, 0) is 40.3 Å². The maximum Gasteiger partial charge on any atom is 0.321 e. The highest BCUT2D eigenvalue weighted by atomic mass is 19.1. The molecule has 0 radical (unpaired) electrons. The van der Waals surface area contributed by atoms with E-state index in [0.717, 1.165) is 57.5 Å². The summed E-state index contributed by atoms with van der Waals surface area (Å²) in [6, 6.07) is 9.47. The number of imide groups is 1. The lowest BCUT2D eigenvalue weighted by atomic mass is 9.77. The van der Waals surface area contributed by atoms with Gasteiger partial charge in [-0.15, -0.1) is 0 Å². The average molecular weight is 601 g/mol. The number of amides is 5. The predicted molar refractivity (Wildman–Crippen MR) is 160 cm³/mol. The summed E-state index contributed by atoms with van der Waals surface area (Å²) >= 11 is 0. The lowest BCUT2D eigenvalue weighted by Crippen LogP contribution is -2.52. The van der Waals surface area contributed by atoms with Crippen molar-refractivity contribution in [2.45, 2.75) is 70.0 Å². The van der Waals surface area contributed by atoms with Crippen molar-refractivity contribution >= 4 is 23.8 Å². The Hall–Kier alpha value is -4.54. The molecule has 2 aromatic carbocycles. The molecule has 2 aliphatic carbocycles. The SMILES string of the molecule is CNC(=O)Cn1cc(-c2ccc3c(c2)CC[C@@H]3C(=O)N(CC(=O)N2Cc3ccc(F)cc3CC[C@@H]2C2CCC2)C(N)=O)cn1. The molecule has 10 nitrogen and oxygen atoms in total. The van der Waals surface area contributed by atoms with Crippen molar-refractivity contribution < 1.29 is 23.6 Å². The molecule has 2 heterocycles. The smallest absolute Gasteiger partial charge is 0.321 e. The van der Waals surface area contributed by atoms with Crippen LogP contribution in [0.15, 0.2) is 48.8 Å². The number of fused-ring (bicyclic) bond motifs is 2. The van der Waals surface area contributed by atoms with Gasteiger partial charge >= 0.3 is 6.03 Å². The fraction of sp³-hybridized carbons (Fsp3) is 0.424. The van der Waals surface area contributed by atoms with Gasteiger partial charge in [0.15, 0.2) is 0 Å². The molecule has 3 N–H and O–H groups in total. The number of rotatable bonds is 7. The minimum Gasteiger partial charge on any atom is -0.358 e. The number of aromatic nitrogens is 2. The molecule has 3 aromatic rings. The number of nitrogens with two attached hydrogens (primary N) is 1. The van der Waals surface area contributed by atoms with E-state index in [0.29, 0.717) is 38.1 Å². The normalized spacial score (nSPS) is 19.4. The number of carbonyl (C=O) groups excluding carboxylic acids is 4. The average Bonchev–Trinajstić information content (AvgIpc) is 3.58. The highest BCUT2D eigenvalue weighted by Crippen LogP contribution is 2.39. The Kier molecular flexibility index (Phi) is 8.20. The second kappa shape index (κ2) is 12.2. The van der Waals surface area contributed by atoms with Gasteiger partial charge in [0.1, 0.15) is 18.9 Å². The van der Waals surface area contributed by atoms with Gasteiger partial charge < -0.3 is 16.0 Å². The Morgan fingerprint density at radius 2 is 1.80 bits per heavy atom. The zero-order chi connectivity index (χ0) is 31.0. The van der Waals surface area contributed by atoms with Gasteiger partial charge in [0.05, 0.1) is 12.1 Å². The number of likely N-dealkylation sites (N-methyl/N-ethyl adjacent to an activating group) is 1. The number of hydrogen-bond donors (Lipinski definition) is 2. The summed E-state index contributed by atoms with van der Waals surface area (Å²) in [7, 11) is 1.57. The zero-order valence-corrected chi connectivity index (χ0v) is 24.8. The van der Waals surface area contributed by atoms with Crippen molar-refractivity contribution in [3.8, 4) is 11.1 Å². The van der Waals surface area contributed by atoms with E-state index in [1.807, 2.05) is 18.2 Å². The molecule has 0 spiro atoms. The van der Waals surface area contributed by atoms with Crippen molar-refractivity contribution in [2.24, 2.45) is 11.7 Å². The number of carbonyl (C=O) groups is 4. The number of nitrogens with one attached hydrogen (secondary N) is 1. The molecule has 0 unspecified atom stereocenters. The van der Waals surface area contributed by atoms with Gasteiger partial charge in [0.2, 0.25) is 17.7 Å². The Labute approximate surface area is 255 Å². The third-order valence-electron chi connectivity index (χ3n) is 9.53. The number of urea groups is 1. The van der Waals surface area contributed by atoms with Crippen LogP contribution in [0.2, 0.25) is 0 Å². The first-order valence-corrected chi connectivity index (χ1v) is 15.3. The molecule has 1 saturated carbocycles. The first kappa shape index (κ1) is 29.5. The maximum absolute atomic E-state index is 14.0. The van der Waals surface area contributed by atoms with Crippen LogP contribution in [0.5, 0.6) is 0 Å². The molecule has 0 bridgehead atoms. The van der Waals surface area contributed by atoms with Crippen LogP contribution < -0.4 is 11.1 Å². The first-order chi connectivity index (χ1) is 21.2. The van der Waals surface area contributed by atoms with Gasteiger partial charge in [-0.1, -0.05) is 30.7 Å². The van der Waals surface area contributed by atoms with Crippen molar-refractivity contribution in [3.05, 3.63) is 76.9 Å². The second-order valence-electron chi connectivity index (χ2n) is 12.1. The minimum atomic E-state index is -0.950. The van der Waals surface area contributed by atoms with Crippen molar-refractivity contribution in [3.63, 3.8) is 0 Å². The maximum atomic E-state index is 14.0. The second-order valence-corrected chi connectivity index (χ2v) is 12.1. The first-order valence-electron chi connectivity index (χ1n) is 15.3. The summed E-state index contributed by atoms with van der Waals surface area (Å²) in [5.74, 6) is -1.49. The number of halogens is 1. The van der Waals surface area contributed by atoms with Crippen LogP contribution in [0.4, 0.5) is 9.18 Å². The van der Waals surface area contributed by atoms with Crippen LogP contribution in [0.1, 0.15) is 60.3 Å². The van der Waals surface area contributed by atoms with E-state index in [1.165, 1.54) is 6.07 Å². The Morgan fingerprint density at radius 1 is 1.00 bits per heavy atom. The van der Waals surface area contributed by atoms with Crippen molar-refractivity contribution in [1.82, 2.24) is 24.9 Å². The van der Waals surface area contributed by atoms with E-state index in [4.69, 9.17) is 5.73 Å². The predicted octanol–water partition coefficient (Wildman–Crippen LogP) is 3.52. The standard InChI is InChI=1S/C33H37FN6O4/c1-36-30(41)18-38-16-25(15-37-38)21-6-10-27-23(13-21)7-11-28(27)32(43)40(33(35)44)19-31(42)39-17-24-5-9-26(34)14-22(24)8-12-29(39)20-3-2-4-20/h5-6,9-10,13-16,20,28-29H,2-4,7-8,11-12,17-19H2,1H3,(H2,35,44)(H,36,41)/t28-,29+/m0/s1. The lowest BCUT2D eigenvalue weighted by Gasteiger charge is -2.41. The topological polar surface area (TPSA) is 131 Å². The van der Waals surface area contributed by atoms with Crippen LogP contribution in [0, 0.1) is 11.7 Å². The van der Waals surface area contributed by atoms with Crippen LogP contribution in [0.3, 0.4) is 0 Å². The summed E-state index contributed by atoms with van der Waals surface area (Å²) in [4.78, 5) is 54.7. The Balaban J connectivity index is 1.19. The number of primary amides is 1. The highest BCUT2D eigenvalue weighted by Gasteiger charge is 2.39. The molecule has 44 heavy (non-hydrogen) atoms. The van der Waals surface area contributed by atoms with Gasteiger partial charge in [-0.2, -0.15) is 5.10 Å². The Morgan fingerprint density at radius 3 is 2.52 bits per heavy atom. The molecule has 6 rings (SSSR count). The van der Waals surface area contributed by atoms with E-state index in [1.54, 1.807) is 41.2 Å². The fourth-order valence-corrected chi connectivity index (χ4v) is 6.89. The molecule has 3 aliphatic rings. The summed E-state index contributed by atoms with van der Waals surface area (Å²) in [6.07, 6.45) is 9.15. The molecule has 11 heteroatoms. The largest absolute Gasteiger partial charge is 0.358 e. The molecular weight excluding hydrogens is 563 g/mol. The third kappa shape index (κ3) is 5.82. The van der Waals surface area contributed by atoms with Gasteiger partial charge in [-0.25, -0.2) is 9.18 Å². The molecule has 0 saturated heterocycles. The van der Waals surface area contributed by atoms with E-state index in [-0.39, 0.29) is 30.2 Å². The monoisotopic (exact) mass is 600 g/mol. The molecule has 1 aliphatic heterocycles. The number of hydrogen-bond acceptors (Lipinski definition) is 5. The molecular formula is C33H37FN6O4. The van der Waals surface area contributed by atoms with Gasteiger partial charge in [-0.3, -0.25) is 24.0 Å². The molecule has 2 atom stereocenters. The zero-order valence-electron chi connectivity index (χ0n) is 24.8. The summed E-state index contributed by atoms with van der Waals surface area (Å²) in [5.41, 5.74) is 11.1. The molecule has 5 amide bonds. The molecule has 230 valence electrons. The highest BCUT2D eigenvalue weighted by molar-refractivity contribution is 6.01. The summed E-state index contributed by atoms with van der Waals surface area (Å²) in [5, 5.41) is 6.84. The molecule has 1 aromatic heterocycles. The number of nitrogens with zero attached hydrogens (tertiary/aromatic N) is 4. The van der Waals surface area contributed by atoms with Crippen molar-refractivity contribution in [2.75, 3.05) is 13.6 Å². The van der Waals surface area contributed by atoms with Crippen LogP contribution in [0.25, 0.3) is 11.1 Å². The van der Waals surface area contributed by atoms with E-state index in [9.17, 15) is 23.6 Å². The lowest BCUT2D eigenvalue weighted by molar-refractivity contribution is -0.142. The van der Waals surface area contributed by atoms with Crippen molar-refractivity contribution in [1.29, 1.82) is 0 Å². The number of aryl methyl sites for hydroxylation is 2. The van der Waals surface area contributed by atoms with E-state index < -0.39 is 24.4 Å². The fourth-order valence-electron chi connectivity index (χ4n) is 6.89. The number of benzene rings is 2. The quantitative estimate of drug-likeness (QED) is 0.429. The van der Waals surface area contributed by atoms with Crippen LogP contribution in [-0.4, -0.2) is 63.0 Å². The van der Waals surface area contributed by atoms with Gasteiger partial charge in [-0.05, 0) is 84.4 Å². The Bertz CT molecular complexity index is 1620. The molecule has 1 fully saturated rings. The summed E-state index contributed by atoms with van der Waals surface area (Å²) in [6.45, 7) is -0.00290. The van der Waals surface area contributed by atoms with E-state index >= 15 is 0 Å².